The highest BCUT2D eigenvalue weighted by molar-refractivity contribution is 5.65. The first-order valence-electron chi connectivity index (χ1n) is 7.57. The summed E-state index contributed by atoms with van der Waals surface area (Å²) in [4.78, 5) is 2.21. The fourth-order valence-corrected chi connectivity index (χ4v) is 2.57. The van der Waals surface area contributed by atoms with Crippen LogP contribution in [-0.4, -0.2) is 41.4 Å². The molecule has 0 saturated heterocycles. The van der Waals surface area contributed by atoms with Gasteiger partial charge in [-0.3, -0.25) is 4.68 Å². The van der Waals surface area contributed by atoms with Crippen LogP contribution in [-0.2, 0) is 13.5 Å². The van der Waals surface area contributed by atoms with E-state index in [9.17, 15) is 0 Å². The van der Waals surface area contributed by atoms with Gasteiger partial charge < -0.3 is 16.0 Å². The summed E-state index contributed by atoms with van der Waals surface area (Å²) in [7, 11) is 6.16. The summed E-state index contributed by atoms with van der Waals surface area (Å²) in [6, 6.07) is 0.386. The van der Waals surface area contributed by atoms with E-state index in [-0.39, 0.29) is 0 Å². The summed E-state index contributed by atoms with van der Waals surface area (Å²) in [6.07, 6.45) is 3.11. The molecule has 0 fully saturated rings. The average molecular weight is 281 g/mol. The Morgan fingerprint density at radius 2 is 2.00 bits per heavy atom. The van der Waals surface area contributed by atoms with E-state index in [1.165, 1.54) is 0 Å². The van der Waals surface area contributed by atoms with Gasteiger partial charge in [-0.1, -0.05) is 27.2 Å². The number of hydrogen-bond acceptors (Lipinski definition) is 4. The molecule has 20 heavy (non-hydrogen) atoms. The van der Waals surface area contributed by atoms with Crippen LogP contribution >= 0.6 is 0 Å². The van der Waals surface area contributed by atoms with E-state index >= 15 is 0 Å². The molecule has 3 N–H and O–H groups in total. The maximum Gasteiger partial charge on any atom is 0.148 e. The molecule has 0 amide bonds. The summed E-state index contributed by atoms with van der Waals surface area (Å²) in [5, 5.41) is 8.12. The lowest BCUT2D eigenvalue weighted by Crippen LogP contribution is -2.34. The number of aromatic nitrogens is 2. The number of nitrogen functional groups attached to an aromatic ring is 1. The summed E-state index contributed by atoms with van der Waals surface area (Å²) in [5.74, 6) is 1.61. The molecule has 5 nitrogen and oxygen atoms in total. The summed E-state index contributed by atoms with van der Waals surface area (Å²) < 4.78 is 1.88. The SMILES string of the molecule is CCCc1nn(C)c(NC(CC(C)C)CN(C)C)c1N. The predicted octanol–water partition coefficient (Wildman–Crippen LogP) is 2.34. The van der Waals surface area contributed by atoms with Gasteiger partial charge in [0.25, 0.3) is 0 Å². The van der Waals surface area contributed by atoms with E-state index in [4.69, 9.17) is 5.73 Å². The van der Waals surface area contributed by atoms with E-state index in [2.05, 4.69) is 50.2 Å². The molecule has 0 spiro atoms. The van der Waals surface area contributed by atoms with Crippen molar-refractivity contribution in [2.24, 2.45) is 13.0 Å². The fourth-order valence-electron chi connectivity index (χ4n) is 2.57. The Bertz CT molecular complexity index is 399. The molecule has 5 heteroatoms. The van der Waals surface area contributed by atoms with Gasteiger partial charge in [-0.05, 0) is 32.9 Å². The molecule has 1 rings (SSSR count). The third-order valence-electron chi connectivity index (χ3n) is 3.33. The van der Waals surface area contributed by atoms with Crippen molar-refractivity contribution >= 4 is 11.5 Å². The van der Waals surface area contributed by atoms with Crippen LogP contribution in [0, 0.1) is 5.92 Å². The van der Waals surface area contributed by atoms with Crippen LogP contribution in [0.25, 0.3) is 0 Å². The maximum atomic E-state index is 6.24. The number of nitrogens with two attached hydrogens (primary N) is 1. The minimum absolute atomic E-state index is 0.386. The largest absolute Gasteiger partial charge is 0.394 e. The molecule has 0 radical (unpaired) electrons. The van der Waals surface area contributed by atoms with Crippen LogP contribution in [0.4, 0.5) is 11.5 Å². The standard InChI is InChI=1S/C15H31N5/c1-7-8-13-14(16)15(20(6)18-13)17-12(9-11(2)3)10-19(4)5/h11-12,17H,7-10,16H2,1-6H3. The lowest BCUT2D eigenvalue weighted by molar-refractivity contribution is 0.355. The molecule has 0 saturated carbocycles. The summed E-state index contributed by atoms with van der Waals surface area (Å²) >= 11 is 0. The van der Waals surface area contributed by atoms with Crippen LogP contribution in [0.5, 0.6) is 0 Å². The lowest BCUT2D eigenvalue weighted by Gasteiger charge is -2.25. The van der Waals surface area contributed by atoms with Gasteiger partial charge >= 0.3 is 0 Å². The Kier molecular flexibility index (Phi) is 6.33. The first-order chi connectivity index (χ1) is 9.35. The van der Waals surface area contributed by atoms with Crippen molar-refractivity contribution < 1.29 is 0 Å². The molecule has 0 aromatic carbocycles. The summed E-state index contributed by atoms with van der Waals surface area (Å²) in [6.45, 7) is 7.64. The zero-order valence-corrected chi connectivity index (χ0v) is 13.9. The number of nitrogens with one attached hydrogen (secondary N) is 1. The van der Waals surface area contributed by atoms with Crippen LogP contribution in [0.3, 0.4) is 0 Å². The monoisotopic (exact) mass is 281 g/mol. The molecular formula is C15H31N5. The van der Waals surface area contributed by atoms with Crippen molar-refractivity contribution in [1.29, 1.82) is 0 Å². The number of anilines is 2. The number of nitrogens with zero attached hydrogens (tertiary/aromatic N) is 3. The van der Waals surface area contributed by atoms with Gasteiger partial charge in [0, 0.05) is 19.6 Å². The van der Waals surface area contributed by atoms with Crippen molar-refractivity contribution in [2.45, 2.75) is 46.1 Å². The first-order valence-corrected chi connectivity index (χ1v) is 7.57. The van der Waals surface area contributed by atoms with Crippen molar-refractivity contribution in [3.05, 3.63) is 5.69 Å². The molecule has 1 atom stereocenters. The Balaban J connectivity index is 2.86. The topological polar surface area (TPSA) is 59.1 Å². The van der Waals surface area contributed by atoms with Gasteiger partial charge in [-0.2, -0.15) is 5.10 Å². The molecule has 0 aliphatic rings. The van der Waals surface area contributed by atoms with Gasteiger partial charge in [-0.25, -0.2) is 0 Å². The molecule has 116 valence electrons. The Morgan fingerprint density at radius 1 is 1.35 bits per heavy atom. The normalized spacial score (nSPS) is 13.2. The lowest BCUT2D eigenvalue weighted by atomic mass is 10.0. The number of rotatable bonds is 8. The molecule has 0 aliphatic carbocycles. The smallest absolute Gasteiger partial charge is 0.148 e. The highest BCUT2D eigenvalue weighted by atomic mass is 15.3. The molecule has 1 aromatic heterocycles. The van der Waals surface area contributed by atoms with Gasteiger partial charge in [0.05, 0.1) is 11.4 Å². The minimum atomic E-state index is 0.386. The number of aryl methyl sites for hydroxylation is 2. The van der Waals surface area contributed by atoms with Crippen molar-refractivity contribution in [3.63, 3.8) is 0 Å². The van der Waals surface area contributed by atoms with Crippen LogP contribution in [0.15, 0.2) is 0 Å². The zero-order valence-electron chi connectivity index (χ0n) is 13.9. The van der Waals surface area contributed by atoms with Gasteiger partial charge in [0.1, 0.15) is 5.82 Å². The van der Waals surface area contributed by atoms with Crippen molar-refractivity contribution in [2.75, 3.05) is 31.7 Å². The fraction of sp³-hybridized carbons (Fsp3) is 0.800. The quantitative estimate of drug-likeness (QED) is 0.768. The Hall–Kier alpha value is -1.23. The van der Waals surface area contributed by atoms with E-state index < -0.39 is 0 Å². The third kappa shape index (κ3) is 4.71. The van der Waals surface area contributed by atoms with E-state index in [1.54, 1.807) is 0 Å². The average Bonchev–Trinajstić information content (AvgIpc) is 2.56. The number of hydrogen-bond donors (Lipinski definition) is 2. The zero-order chi connectivity index (χ0) is 15.3. The van der Waals surface area contributed by atoms with Gasteiger partial charge in [0.2, 0.25) is 0 Å². The third-order valence-corrected chi connectivity index (χ3v) is 3.33. The van der Waals surface area contributed by atoms with E-state index in [0.29, 0.717) is 12.0 Å². The highest BCUT2D eigenvalue weighted by Gasteiger charge is 2.18. The van der Waals surface area contributed by atoms with Gasteiger partial charge in [0.15, 0.2) is 0 Å². The second kappa shape index (κ2) is 7.53. The van der Waals surface area contributed by atoms with Crippen LogP contribution in [0.2, 0.25) is 0 Å². The van der Waals surface area contributed by atoms with Crippen LogP contribution < -0.4 is 11.1 Å². The van der Waals surface area contributed by atoms with Crippen molar-refractivity contribution in [1.82, 2.24) is 14.7 Å². The highest BCUT2D eigenvalue weighted by Crippen LogP contribution is 2.25. The van der Waals surface area contributed by atoms with E-state index in [1.807, 2.05) is 11.7 Å². The second-order valence-electron chi connectivity index (χ2n) is 6.32. The molecular weight excluding hydrogens is 250 g/mol. The molecule has 1 unspecified atom stereocenters. The first kappa shape index (κ1) is 16.8. The molecule has 1 heterocycles. The molecule has 0 bridgehead atoms. The van der Waals surface area contributed by atoms with Crippen LogP contribution in [0.1, 0.15) is 39.3 Å². The summed E-state index contributed by atoms with van der Waals surface area (Å²) in [5.41, 5.74) is 8.05. The number of likely N-dealkylation sites (N-methyl/N-ethyl adjacent to an activating group) is 1. The Morgan fingerprint density at radius 3 is 2.50 bits per heavy atom. The van der Waals surface area contributed by atoms with E-state index in [0.717, 1.165) is 43.0 Å². The maximum absolute atomic E-state index is 6.24. The Labute approximate surface area is 123 Å². The van der Waals surface area contributed by atoms with Gasteiger partial charge in [-0.15, -0.1) is 0 Å². The minimum Gasteiger partial charge on any atom is -0.394 e. The van der Waals surface area contributed by atoms with Crippen molar-refractivity contribution in [3.8, 4) is 0 Å². The molecule has 1 aromatic rings. The molecule has 0 aliphatic heterocycles. The second-order valence-corrected chi connectivity index (χ2v) is 6.32. The predicted molar refractivity (Wildman–Crippen MR) is 87.0 cm³/mol.